The summed E-state index contributed by atoms with van der Waals surface area (Å²) in [5, 5.41) is 19.1. The van der Waals surface area contributed by atoms with Crippen LogP contribution in [0.15, 0.2) is 0 Å². The van der Waals surface area contributed by atoms with E-state index < -0.39 is 5.60 Å². The van der Waals surface area contributed by atoms with Crippen LogP contribution in [0.2, 0.25) is 0 Å². The third-order valence-electron chi connectivity index (χ3n) is 3.72. The minimum absolute atomic E-state index is 0.244. The van der Waals surface area contributed by atoms with Gasteiger partial charge in [-0.3, -0.25) is 9.80 Å². The minimum atomic E-state index is -0.515. The SMILES string of the molecule is CCC(O)(CC)CN1CCN(CCO)CC1. The normalized spacial score (nSPS) is 20.2. The first-order valence-electron chi connectivity index (χ1n) is 6.41. The molecule has 16 heavy (non-hydrogen) atoms. The van der Waals surface area contributed by atoms with Gasteiger partial charge in [0, 0.05) is 39.3 Å². The Morgan fingerprint density at radius 1 is 1.00 bits per heavy atom. The largest absolute Gasteiger partial charge is 0.395 e. The van der Waals surface area contributed by atoms with Crippen molar-refractivity contribution in [2.45, 2.75) is 32.3 Å². The van der Waals surface area contributed by atoms with E-state index in [0.29, 0.717) is 0 Å². The van der Waals surface area contributed by atoms with Crippen molar-refractivity contribution in [2.75, 3.05) is 45.9 Å². The van der Waals surface area contributed by atoms with Gasteiger partial charge >= 0.3 is 0 Å². The first kappa shape index (κ1) is 13.9. The van der Waals surface area contributed by atoms with Crippen LogP contribution in [0, 0.1) is 0 Å². The van der Waals surface area contributed by atoms with E-state index in [0.717, 1.165) is 52.1 Å². The van der Waals surface area contributed by atoms with Gasteiger partial charge < -0.3 is 10.2 Å². The molecule has 0 radical (unpaired) electrons. The Bertz CT molecular complexity index is 187. The van der Waals surface area contributed by atoms with Crippen LogP contribution in [0.4, 0.5) is 0 Å². The molecule has 0 atom stereocenters. The molecule has 1 rings (SSSR count). The number of aliphatic hydroxyl groups excluding tert-OH is 1. The summed E-state index contributed by atoms with van der Waals surface area (Å²) >= 11 is 0. The zero-order valence-corrected chi connectivity index (χ0v) is 10.7. The van der Waals surface area contributed by atoms with E-state index in [4.69, 9.17) is 5.11 Å². The van der Waals surface area contributed by atoms with Gasteiger partial charge in [0.15, 0.2) is 0 Å². The average molecular weight is 230 g/mol. The lowest BCUT2D eigenvalue weighted by atomic mass is 9.96. The molecule has 1 aliphatic heterocycles. The molecule has 1 saturated heterocycles. The molecule has 0 saturated carbocycles. The van der Waals surface area contributed by atoms with Gasteiger partial charge in [-0.15, -0.1) is 0 Å². The second kappa shape index (κ2) is 6.55. The van der Waals surface area contributed by atoms with Gasteiger partial charge in [0.25, 0.3) is 0 Å². The third kappa shape index (κ3) is 4.01. The monoisotopic (exact) mass is 230 g/mol. The second-order valence-electron chi connectivity index (χ2n) is 4.77. The Hall–Kier alpha value is -0.160. The zero-order valence-electron chi connectivity index (χ0n) is 10.7. The average Bonchev–Trinajstić information content (AvgIpc) is 2.32. The van der Waals surface area contributed by atoms with E-state index in [1.54, 1.807) is 0 Å². The van der Waals surface area contributed by atoms with Crippen molar-refractivity contribution in [2.24, 2.45) is 0 Å². The molecule has 0 unspecified atom stereocenters. The maximum absolute atomic E-state index is 10.3. The molecule has 0 aromatic heterocycles. The Balaban J connectivity index is 2.31. The van der Waals surface area contributed by atoms with Crippen LogP contribution in [0.1, 0.15) is 26.7 Å². The fourth-order valence-corrected chi connectivity index (χ4v) is 2.20. The van der Waals surface area contributed by atoms with Crippen LogP contribution in [-0.2, 0) is 0 Å². The molecule has 4 nitrogen and oxygen atoms in total. The number of nitrogens with zero attached hydrogens (tertiary/aromatic N) is 2. The number of piperazine rings is 1. The summed E-state index contributed by atoms with van der Waals surface area (Å²) in [4.78, 5) is 4.61. The molecule has 1 heterocycles. The number of hydrogen-bond donors (Lipinski definition) is 2. The molecule has 0 bridgehead atoms. The first-order valence-corrected chi connectivity index (χ1v) is 6.41. The van der Waals surface area contributed by atoms with E-state index in [-0.39, 0.29) is 6.61 Å². The highest BCUT2D eigenvalue weighted by molar-refractivity contribution is 4.82. The van der Waals surface area contributed by atoms with Crippen molar-refractivity contribution < 1.29 is 10.2 Å². The van der Waals surface area contributed by atoms with Gasteiger partial charge in [-0.2, -0.15) is 0 Å². The number of hydrogen-bond acceptors (Lipinski definition) is 4. The van der Waals surface area contributed by atoms with E-state index in [1.807, 2.05) is 13.8 Å². The quantitative estimate of drug-likeness (QED) is 0.682. The summed E-state index contributed by atoms with van der Waals surface area (Å²) in [5.41, 5.74) is -0.515. The first-order chi connectivity index (χ1) is 7.63. The Kier molecular flexibility index (Phi) is 5.69. The highest BCUT2D eigenvalue weighted by Gasteiger charge is 2.27. The lowest BCUT2D eigenvalue weighted by Gasteiger charge is -2.38. The number of aliphatic hydroxyl groups is 2. The number of rotatable bonds is 6. The molecule has 1 fully saturated rings. The number of β-amino-alcohol motifs (C(OH)–C–C–N with tert-alkyl or cyclic N) is 2. The van der Waals surface area contributed by atoms with Crippen molar-refractivity contribution in [3.05, 3.63) is 0 Å². The predicted octanol–water partition coefficient (Wildman–Crippen LogP) is 0.147. The Labute approximate surface area is 98.9 Å². The van der Waals surface area contributed by atoms with Crippen LogP contribution < -0.4 is 0 Å². The van der Waals surface area contributed by atoms with E-state index in [9.17, 15) is 5.11 Å². The molecular weight excluding hydrogens is 204 g/mol. The van der Waals surface area contributed by atoms with Gasteiger partial charge in [0.1, 0.15) is 0 Å². The fraction of sp³-hybridized carbons (Fsp3) is 1.00. The van der Waals surface area contributed by atoms with Crippen molar-refractivity contribution in [3.63, 3.8) is 0 Å². The van der Waals surface area contributed by atoms with Gasteiger partial charge in [-0.1, -0.05) is 13.8 Å². The van der Waals surface area contributed by atoms with Crippen molar-refractivity contribution in [3.8, 4) is 0 Å². The summed E-state index contributed by atoms with van der Waals surface area (Å²) in [6.45, 7) is 9.91. The highest BCUT2D eigenvalue weighted by Crippen LogP contribution is 2.17. The molecule has 0 aromatic rings. The summed E-state index contributed by atoms with van der Waals surface area (Å²) in [7, 11) is 0. The highest BCUT2D eigenvalue weighted by atomic mass is 16.3. The summed E-state index contributed by atoms with van der Waals surface area (Å²) in [6, 6.07) is 0. The minimum Gasteiger partial charge on any atom is -0.395 e. The smallest absolute Gasteiger partial charge is 0.0768 e. The Morgan fingerprint density at radius 2 is 1.50 bits per heavy atom. The lowest BCUT2D eigenvalue weighted by molar-refractivity contribution is -0.0165. The van der Waals surface area contributed by atoms with Crippen molar-refractivity contribution in [1.82, 2.24) is 9.80 Å². The van der Waals surface area contributed by atoms with E-state index >= 15 is 0 Å². The summed E-state index contributed by atoms with van der Waals surface area (Å²) < 4.78 is 0. The van der Waals surface area contributed by atoms with Crippen LogP contribution in [0.25, 0.3) is 0 Å². The second-order valence-corrected chi connectivity index (χ2v) is 4.77. The van der Waals surface area contributed by atoms with Gasteiger partial charge in [-0.05, 0) is 12.8 Å². The van der Waals surface area contributed by atoms with Crippen LogP contribution >= 0.6 is 0 Å². The summed E-state index contributed by atoms with van der Waals surface area (Å²) in [6.07, 6.45) is 1.64. The van der Waals surface area contributed by atoms with Crippen LogP contribution in [-0.4, -0.2) is 71.5 Å². The molecule has 96 valence electrons. The maximum atomic E-state index is 10.3. The summed E-state index contributed by atoms with van der Waals surface area (Å²) in [5.74, 6) is 0. The molecule has 0 spiro atoms. The molecule has 0 aliphatic carbocycles. The molecule has 4 heteroatoms. The van der Waals surface area contributed by atoms with Gasteiger partial charge in [0.05, 0.1) is 12.2 Å². The van der Waals surface area contributed by atoms with E-state index in [2.05, 4.69) is 9.80 Å². The van der Waals surface area contributed by atoms with E-state index in [1.165, 1.54) is 0 Å². The van der Waals surface area contributed by atoms with Gasteiger partial charge in [0.2, 0.25) is 0 Å². The van der Waals surface area contributed by atoms with Crippen molar-refractivity contribution in [1.29, 1.82) is 0 Å². The van der Waals surface area contributed by atoms with Gasteiger partial charge in [-0.25, -0.2) is 0 Å². The molecular formula is C12H26N2O2. The molecule has 0 aromatic carbocycles. The molecule has 0 amide bonds. The van der Waals surface area contributed by atoms with Crippen molar-refractivity contribution >= 4 is 0 Å². The zero-order chi connectivity index (χ0) is 12.0. The topological polar surface area (TPSA) is 46.9 Å². The standard InChI is InChI=1S/C12H26N2O2/c1-3-12(16,4-2)11-14-7-5-13(6-8-14)9-10-15/h15-16H,3-11H2,1-2H3. The molecule has 1 aliphatic rings. The fourth-order valence-electron chi connectivity index (χ4n) is 2.20. The van der Waals surface area contributed by atoms with Crippen LogP contribution in [0.3, 0.4) is 0 Å². The van der Waals surface area contributed by atoms with Crippen LogP contribution in [0.5, 0.6) is 0 Å². The Morgan fingerprint density at radius 3 is 1.94 bits per heavy atom. The maximum Gasteiger partial charge on any atom is 0.0768 e. The third-order valence-corrected chi connectivity index (χ3v) is 3.72. The lowest BCUT2D eigenvalue weighted by Crippen LogP contribution is -2.52. The predicted molar refractivity (Wildman–Crippen MR) is 65.5 cm³/mol. The molecule has 2 N–H and O–H groups in total.